The van der Waals surface area contributed by atoms with Crippen molar-refractivity contribution in [3.8, 4) is 0 Å². The van der Waals surface area contributed by atoms with Crippen molar-refractivity contribution in [1.29, 1.82) is 0 Å². The van der Waals surface area contributed by atoms with Gasteiger partial charge in [0.1, 0.15) is 12.2 Å². The number of esters is 1. The molecule has 0 saturated heterocycles. The Labute approximate surface area is 152 Å². The van der Waals surface area contributed by atoms with Crippen LogP contribution in [0.4, 0.5) is 4.79 Å². The molecule has 0 aromatic heterocycles. The van der Waals surface area contributed by atoms with Gasteiger partial charge in [0.05, 0.1) is 13.2 Å². The van der Waals surface area contributed by atoms with Crippen LogP contribution in [0, 0.1) is 0 Å². The van der Waals surface area contributed by atoms with Crippen LogP contribution in [0.25, 0.3) is 0 Å². The Morgan fingerprint density at radius 2 is 1.77 bits per heavy atom. The van der Waals surface area contributed by atoms with Gasteiger partial charge in [-0.05, 0) is 33.3 Å². The highest BCUT2D eigenvalue weighted by Gasteiger charge is 2.23. The van der Waals surface area contributed by atoms with Crippen LogP contribution >= 0.6 is 0 Å². The van der Waals surface area contributed by atoms with E-state index in [4.69, 9.17) is 14.2 Å². The van der Waals surface area contributed by atoms with Gasteiger partial charge < -0.3 is 14.2 Å². The third-order valence-corrected chi connectivity index (χ3v) is 2.74. The van der Waals surface area contributed by atoms with Gasteiger partial charge in [0, 0.05) is 0 Å². The number of hydrazone groups is 1. The summed E-state index contributed by atoms with van der Waals surface area (Å²) in [7, 11) is 0. The highest BCUT2D eigenvalue weighted by Crippen LogP contribution is 2.06. The molecule has 0 aliphatic carbocycles. The highest BCUT2D eigenvalue weighted by atomic mass is 16.6. The summed E-state index contributed by atoms with van der Waals surface area (Å²) in [5.41, 5.74) is 1.59. The first-order chi connectivity index (χ1) is 12.2. The van der Waals surface area contributed by atoms with Crippen molar-refractivity contribution in [2.75, 3.05) is 13.2 Å². The van der Waals surface area contributed by atoms with Gasteiger partial charge in [0.25, 0.3) is 0 Å². The molecule has 0 heterocycles. The summed E-state index contributed by atoms with van der Waals surface area (Å²) in [6.45, 7) is 6.47. The monoisotopic (exact) mass is 364 g/mol. The molecule has 8 nitrogen and oxygen atoms in total. The van der Waals surface area contributed by atoms with E-state index in [1.807, 2.05) is 35.8 Å². The minimum atomic E-state index is -0.947. The zero-order chi connectivity index (χ0) is 19.6. The number of rotatable bonds is 8. The Morgan fingerprint density at radius 3 is 2.35 bits per heavy atom. The van der Waals surface area contributed by atoms with Crippen molar-refractivity contribution in [1.82, 2.24) is 5.43 Å². The zero-order valence-corrected chi connectivity index (χ0v) is 15.4. The van der Waals surface area contributed by atoms with Gasteiger partial charge in [-0.1, -0.05) is 30.3 Å². The van der Waals surface area contributed by atoms with Gasteiger partial charge in [-0.25, -0.2) is 15.0 Å². The second-order valence-electron chi connectivity index (χ2n) is 6.20. The first kappa shape index (κ1) is 21.3. The molecule has 1 aromatic rings. The molecule has 0 atom stereocenters. The molecule has 142 valence electrons. The van der Waals surface area contributed by atoms with E-state index in [-0.39, 0.29) is 19.8 Å². The van der Waals surface area contributed by atoms with E-state index in [0.29, 0.717) is 0 Å². The molecule has 0 bridgehead atoms. The Bertz CT molecular complexity index is 649. The molecule has 0 aliphatic heterocycles. The first-order valence-corrected chi connectivity index (χ1v) is 8.11. The molecule has 0 saturated carbocycles. The Kier molecular flexibility index (Phi) is 8.44. The molecule has 0 aliphatic rings. The normalized spacial score (nSPS) is 11.6. The van der Waals surface area contributed by atoms with Gasteiger partial charge in [-0.15, -0.1) is 0 Å². The summed E-state index contributed by atoms with van der Waals surface area (Å²) in [6, 6.07) is 9.24. The van der Waals surface area contributed by atoms with E-state index in [2.05, 4.69) is 5.10 Å². The van der Waals surface area contributed by atoms with Crippen molar-refractivity contribution in [2.45, 2.75) is 39.9 Å². The second-order valence-corrected chi connectivity index (χ2v) is 6.20. The molecule has 26 heavy (non-hydrogen) atoms. The predicted octanol–water partition coefficient (Wildman–Crippen LogP) is 2.22. The lowest BCUT2D eigenvalue weighted by molar-refractivity contribution is -0.136. The third-order valence-electron chi connectivity index (χ3n) is 2.74. The van der Waals surface area contributed by atoms with Gasteiger partial charge >= 0.3 is 12.1 Å². The summed E-state index contributed by atoms with van der Waals surface area (Å²) in [6.07, 6.45) is -0.891. The van der Waals surface area contributed by atoms with Crippen LogP contribution in [-0.2, 0) is 30.4 Å². The average molecular weight is 364 g/mol. The largest absolute Gasteiger partial charge is 0.461 e. The van der Waals surface area contributed by atoms with Crippen LogP contribution in [0.2, 0.25) is 0 Å². The molecular weight excluding hydrogens is 340 g/mol. The minimum Gasteiger partial charge on any atom is -0.461 e. The number of carbonyl (C=O) groups excluding carboxylic acids is 3. The molecule has 0 fully saturated rings. The molecule has 1 aromatic carbocycles. The second kappa shape index (κ2) is 10.3. The van der Waals surface area contributed by atoms with Crippen LogP contribution in [0.15, 0.2) is 35.4 Å². The number of nitrogens with zero attached hydrogens (tertiary/aromatic N) is 1. The van der Waals surface area contributed by atoms with E-state index >= 15 is 0 Å². The number of Topliss-reactive ketones (excluding diaryl/α,β-unsaturated/α-hetero) is 1. The lowest BCUT2D eigenvalue weighted by Crippen LogP contribution is -2.35. The standard InChI is InChI=1S/C18H24N2O6/c1-5-25-16(22)15(19-20-17(23)26-18(2,3)4)14(21)12-24-11-13-9-7-6-8-10-13/h6-10H,5,11-12H2,1-4H3,(H,20,23)/b19-15+. The maximum atomic E-state index is 12.2. The quantitative estimate of drug-likeness (QED) is 0.328. The SMILES string of the molecule is CCOC(=O)/C(=N/NC(=O)OC(C)(C)C)C(=O)COCc1ccccc1. The number of ketones is 1. The van der Waals surface area contributed by atoms with Gasteiger partial charge in [-0.2, -0.15) is 5.10 Å². The summed E-state index contributed by atoms with van der Waals surface area (Å²) in [5.74, 6) is -1.66. The fraction of sp³-hybridized carbons (Fsp3) is 0.444. The number of nitrogens with one attached hydrogen (secondary N) is 1. The molecule has 0 unspecified atom stereocenters. The molecule has 1 amide bonds. The van der Waals surface area contributed by atoms with E-state index < -0.39 is 29.2 Å². The summed E-state index contributed by atoms with van der Waals surface area (Å²) < 4.78 is 15.1. The maximum Gasteiger partial charge on any atom is 0.428 e. The molecular formula is C18H24N2O6. The summed E-state index contributed by atoms with van der Waals surface area (Å²) in [5, 5.41) is 3.54. The first-order valence-electron chi connectivity index (χ1n) is 8.11. The smallest absolute Gasteiger partial charge is 0.428 e. The van der Waals surface area contributed by atoms with Gasteiger partial charge in [-0.3, -0.25) is 4.79 Å². The summed E-state index contributed by atoms with van der Waals surface area (Å²) >= 11 is 0. The van der Waals surface area contributed by atoms with E-state index in [1.54, 1.807) is 27.7 Å². The van der Waals surface area contributed by atoms with Crippen LogP contribution in [0.1, 0.15) is 33.3 Å². The van der Waals surface area contributed by atoms with Crippen molar-refractivity contribution >= 4 is 23.6 Å². The van der Waals surface area contributed by atoms with Crippen molar-refractivity contribution < 1.29 is 28.6 Å². The average Bonchev–Trinajstić information content (AvgIpc) is 2.54. The Morgan fingerprint density at radius 1 is 1.12 bits per heavy atom. The van der Waals surface area contributed by atoms with Crippen LogP contribution in [0.5, 0.6) is 0 Å². The fourth-order valence-corrected chi connectivity index (χ4v) is 1.73. The zero-order valence-electron chi connectivity index (χ0n) is 15.4. The molecule has 8 heteroatoms. The van der Waals surface area contributed by atoms with Gasteiger partial charge in [0.2, 0.25) is 11.5 Å². The van der Waals surface area contributed by atoms with Gasteiger partial charge in [0.15, 0.2) is 0 Å². The number of amides is 1. The molecule has 1 rings (SSSR count). The number of carbonyl (C=O) groups is 3. The topological polar surface area (TPSA) is 103 Å². The Hall–Kier alpha value is -2.74. The van der Waals surface area contributed by atoms with E-state index in [0.717, 1.165) is 5.56 Å². The number of ether oxygens (including phenoxy) is 3. The lowest BCUT2D eigenvalue weighted by atomic mass is 10.2. The fourth-order valence-electron chi connectivity index (χ4n) is 1.73. The lowest BCUT2D eigenvalue weighted by Gasteiger charge is -2.18. The minimum absolute atomic E-state index is 0.0580. The van der Waals surface area contributed by atoms with E-state index in [1.165, 1.54) is 0 Å². The number of benzene rings is 1. The molecule has 0 spiro atoms. The van der Waals surface area contributed by atoms with Crippen LogP contribution in [0.3, 0.4) is 0 Å². The molecule has 1 N–H and O–H groups in total. The predicted molar refractivity (Wildman–Crippen MR) is 94.5 cm³/mol. The van der Waals surface area contributed by atoms with Crippen LogP contribution < -0.4 is 5.43 Å². The van der Waals surface area contributed by atoms with Crippen molar-refractivity contribution in [3.63, 3.8) is 0 Å². The van der Waals surface area contributed by atoms with E-state index in [9.17, 15) is 14.4 Å². The summed E-state index contributed by atoms with van der Waals surface area (Å²) in [4.78, 5) is 35.7. The molecule has 0 radical (unpaired) electrons. The number of hydrogen-bond donors (Lipinski definition) is 1. The number of hydrogen-bond acceptors (Lipinski definition) is 7. The third kappa shape index (κ3) is 8.39. The Balaban J connectivity index is 2.68. The van der Waals surface area contributed by atoms with Crippen LogP contribution in [-0.4, -0.2) is 42.4 Å². The maximum absolute atomic E-state index is 12.2. The van der Waals surface area contributed by atoms with Crippen molar-refractivity contribution in [2.24, 2.45) is 5.10 Å². The highest BCUT2D eigenvalue weighted by molar-refractivity contribution is 6.64. The van der Waals surface area contributed by atoms with Crippen molar-refractivity contribution in [3.05, 3.63) is 35.9 Å².